The number of nitrogens with zero attached hydrogens (tertiary/aromatic N) is 6. The van der Waals surface area contributed by atoms with Gasteiger partial charge in [0.05, 0.1) is 51.4 Å². The first-order valence-corrected chi connectivity index (χ1v) is 12.0. The molecule has 0 spiro atoms. The molecule has 1 amide bonds. The Morgan fingerprint density at radius 1 is 1.24 bits per heavy atom. The van der Waals surface area contributed by atoms with Crippen molar-refractivity contribution in [1.82, 2.24) is 29.4 Å². The van der Waals surface area contributed by atoms with Crippen molar-refractivity contribution in [2.75, 3.05) is 18.2 Å². The number of methoxy groups -OCH3 is 1. The van der Waals surface area contributed by atoms with Gasteiger partial charge in [0.2, 0.25) is 0 Å². The maximum absolute atomic E-state index is 12.9. The van der Waals surface area contributed by atoms with Crippen molar-refractivity contribution in [3.63, 3.8) is 0 Å². The summed E-state index contributed by atoms with van der Waals surface area (Å²) in [5.74, 6) is 0.176. The molecular weight excluding hydrogens is 456 g/mol. The third-order valence-electron chi connectivity index (χ3n) is 5.28. The molecule has 2 N–H and O–H groups in total. The van der Waals surface area contributed by atoms with Crippen LogP contribution in [0.5, 0.6) is 5.75 Å². The number of nitrogens with one attached hydrogen (secondary N) is 2. The first-order chi connectivity index (χ1) is 16.4. The standard InChI is InChI=1S/C22H20N8O3S/c1-33-20-12-18-15(14-29(28-18)9-10-34(23,32)16-3-6-24-7-4-16)11-19(20)27-22(31)17-13-26-30-8-2-5-25-21(17)30/h2-8,11-14,23H,9-10H2,1H3,(H,27,31). The van der Waals surface area contributed by atoms with Gasteiger partial charge < -0.3 is 10.1 Å². The lowest BCUT2D eigenvalue weighted by Gasteiger charge is -2.09. The zero-order valence-corrected chi connectivity index (χ0v) is 18.9. The zero-order valence-electron chi connectivity index (χ0n) is 18.1. The molecule has 172 valence electrons. The van der Waals surface area contributed by atoms with Gasteiger partial charge in [-0.15, -0.1) is 0 Å². The molecule has 0 aliphatic carbocycles. The fourth-order valence-corrected chi connectivity index (χ4v) is 4.80. The van der Waals surface area contributed by atoms with E-state index in [9.17, 15) is 9.00 Å². The van der Waals surface area contributed by atoms with E-state index in [0.29, 0.717) is 33.1 Å². The van der Waals surface area contributed by atoms with E-state index in [-0.39, 0.29) is 18.2 Å². The van der Waals surface area contributed by atoms with Gasteiger partial charge in [0.1, 0.15) is 11.3 Å². The molecule has 12 heteroatoms. The largest absolute Gasteiger partial charge is 0.494 e. The molecular formula is C22H20N8O3S. The Bertz CT molecular complexity index is 1610. The lowest BCUT2D eigenvalue weighted by atomic mass is 10.2. The maximum Gasteiger partial charge on any atom is 0.261 e. The number of aromatic nitrogens is 6. The smallest absolute Gasteiger partial charge is 0.261 e. The molecule has 11 nitrogen and oxygen atoms in total. The molecule has 5 aromatic rings. The van der Waals surface area contributed by atoms with Gasteiger partial charge in [-0.1, -0.05) is 0 Å². The van der Waals surface area contributed by atoms with Gasteiger partial charge >= 0.3 is 0 Å². The van der Waals surface area contributed by atoms with Gasteiger partial charge in [-0.3, -0.25) is 14.5 Å². The zero-order chi connectivity index (χ0) is 23.7. The van der Waals surface area contributed by atoms with Crippen LogP contribution in [0.2, 0.25) is 0 Å². The average Bonchev–Trinajstić information content (AvgIpc) is 3.46. The fraction of sp³-hybridized carbons (Fsp3) is 0.136. The highest BCUT2D eigenvalue weighted by molar-refractivity contribution is 7.92. The van der Waals surface area contributed by atoms with Crippen LogP contribution in [0.15, 0.2) is 72.4 Å². The van der Waals surface area contributed by atoms with Crippen LogP contribution in [0.3, 0.4) is 0 Å². The van der Waals surface area contributed by atoms with E-state index in [1.165, 1.54) is 30.2 Å². The number of ether oxygens (including phenoxy) is 1. The summed E-state index contributed by atoms with van der Waals surface area (Å²) < 4.78 is 29.6. The van der Waals surface area contributed by atoms with E-state index in [1.54, 1.807) is 53.6 Å². The summed E-state index contributed by atoms with van der Waals surface area (Å²) in [5, 5.41) is 12.3. The van der Waals surface area contributed by atoms with E-state index in [4.69, 9.17) is 9.52 Å². The molecule has 4 aromatic heterocycles. The maximum atomic E-state index is 12.9. The first kappa shape index (κ1) is 21.5. The quantitative estimate of drug-likeness (QED) is 0.368. The number of hydrogen-bond acceptors (Lipinski definition) is 8. The van der Waals surface area contributed by atoms with Gasteiger partial charge in [-0.05, 0) is 24.3 Å². The number of rotatable bonds is 7. The summed E-state index contributed by atoms with van der Waals surface area (Å²) in [6.45, 7) is 0.289. The van der Waals surface area contributed by atoms with Crippen molar-refractivity contribution in [1.29, 1.82) is 4.78 Å². The second kappa shape index (κ2) is 8.56. The van der Waals surface area contributed by atoms with Crippen LogP contribution >= 0.6 is 0 Å². The molecule has 5 rings (SSSR count). The summed E-state index contributed by atoms with van der Waals surface area (Å²) in [4.78, 5) is 21.5. The SMILES string of the molecule is COc1cc2nn(CCS(=N)(=O)c3ccncc3)cc2cc1NC(=O)c1cnn2cccnc12. The van der Waals surface area contributed by atoms with Crippen LogP contribution in [0.1, 0.15) is 10.4 Å². The lowest BCUT2D eigenvalue weighted by molar-refractivity contribution is 0.102. The Balaban J connectivity index is 1.39. The predicted octanol–water partition coefficient (Wildman–Crippen LogP) is 2.84. The van der Waals surface area contributed by atoms with Gasteiger partial charge in [0, 0.05) is 42.4 Å². The van der Waals surface area contributed by atoms with Crippen molar-refractivity contribution in [2.24, 2.45) is 0 Å². The van der Waals surface area contributed by atoms with Gasteiger partial charge in [-0.2, -0.15) is 10.2 Å². The van der Waals surface area contributed by atoms with Crippen molar-refractivity contribution < 1.29 is 13.7 Å². The summed E-state index contributed by atoms with van der Waals surface area (Å²) >= 11 is 0. The summed E-state index contributed by atoms with van der Waals surface area (Å²) in [6, 6.07) is 8.39. The number of fused-ring (bicyclic) bond motifs is 2. The molecule has 0 bridgehead atoms. The molecule has 34 heavy (non-hydrogen) atoms. The summed E-state index contributed by atoms with van der Waals surface area (Å²) in [6.07, 6.45) is 9.60. The third-order valence-corrected chi connectivity index (χ3v) is 7.07. The summed E-state index contributed by atoms with van der Waals surface area (Å²) in [7, 11) is -1.46. The molecule has 0 radical (unpaired) electrons. The predicted molar refractivity (Wildman–Crippen MR) is 125 cm³/mol. The van der Waals surface area contributed by atoms with Crippen LogP contribution < -0.4 is 10.1 Å². The molecule has 4 heterocycles. The Kier molecular flexibility index (Phi) is 5.42. The second-order valence-electron chi connectivity index (χ2n) is 7.47. The van der Waals surface area contributed by atoms with Crippen LogP contribution in [0.25, 0.3) is 16.6 Å². The average molecular weight is 477 g/mol. The van der Waals surface area contributed by atoms with Gasteiger partial charge in [0.15, 0.2) is 5.65 Å². The van der Waals surface area contributed by atoms with Crippen molar-refractivity contribution in [2.45, 2.75) is 11.4 Å². The monoisotopic (exact) mass is 476 g/mol. The molecule has 0 aliphatic rings. The Hall–Kier alpha value is -4.32. The van der Waals surface area contributed by atoms with Crippen LogP contribution in [0.4, 0.5) is 5.69 Å². The van der Waals surface area contributed by atoms with Crippen LogP contribution in [0, 0.1) is 4.78 Å². The second-order valence-corrected chi connectivity index (χ2v) is 9.70. The minimum absolute atomic E-state index is 0.105. The minimum Gasteiger partial charge on any atom is -0.494 e. The van der Waals surface area contributed by atoms with E-state index in [0.717, 1.165) is 5.39 Å². The Labute approximate surface area is 194 Å². The number of aryl methyl sites for hydroxylation is 1. The molecule has 0 fully saturated rings. The van der Waals surface area contributed by atoms with Crippen LogP contribution in [-0.4, -0.2) is 52.3 Å². The third kappa shape index (κ3) is 4.06. The number of hydrogen-bond donors (Lipinski definition) is 2. The molecule has 1 aromatic carbocycles. The fourth-order valence-electron chi connectivity index (χ4n) is 3.56. The lowest BCUT2D eigenvalue weighted by Crippen LogP contribution is -2.12. The highest BCUT2D eigenvalue weighted by Crippen LogP contribution is 2.30. The number of benzene rings is 1. The van der Waals surface area contributed by atoms with E-state index >= 15 is 0 Å². The molecule has 0 saturated heterocycles. The molecule has 1 unspecified atom stereocenters. The normalized spacial score (nSPS) is 13.1. The van der Waals surface area contributed by atoms with E-state index < -0.39 is 9.73 Å². The van der Waals surface area contributed by atoms with Crippen LogP contribution in [-0.2, 0) is 16.3 Å². The number of amides is 1. The highest BCUT2D eigenvalue weighted by Gasteiger charge is 2.17. The van der Waals surface area contributed by atoms with E-state index in [2.05, 4.69) is 25.5 Å². The minimum atomic E-state index is -2.97. The summed E-state index contributed by atoms with van der Waals surface area (Å²) in [5.41, 5.74) is 1.89. The number of anilines is 1. The number of carbonyl (C=O) groups excluding carboxylic acids is 1. The highest BCUT2D eigenvalue weighted by atomic mass is 32.2. The topological polar surface area (TPSA) is 140 Å². The molecule has 0 saturated carbocycles. The van der Waals surface area contributed by atoms with E-state index in [1.807, 2.05) is 0 Å². The Morgan fingerprint density at radius 3 is 2.85 bits per heavy atom. The Morgan fingerprint density at radius 2 is 2.06 bits per heavy atom. The van der Waals surface area contributed by atoms with Crippen molar-refractivity contribution in [3.05, 3.63) is 73.1 Å². The van der Waals surface area contributed by atoms with Gasteiger partial charge in [-0.25, -0.2) is 18.5 Å². The van der Waals surface area contributed by atoms with Gasteiger partial charge in [0.25, 0.3) is 5.91 Å². The molecule has 0 aliphatic heterocycles. The number of carbonyl (C=O) groups is 1. The first-order valence-electron chi connectivity index (χ1n) is 10.3. The van der Waals surface area contributed by atoms with Crippen molar-refractivity contribution in [3.8, 4) is 5.75 Å². The molecule has 1 atom stereocenters. The van der Waals surface area contributed by atoms with Crippen molar-refractivity contribution >= 4 is 37.9 Å². The number of pyridine rings is 1.